The lowest BCUT2D eigenvalue weighted by Gasteiger charge is -2.27. The van der Waals surface area contributed by atoms with Gasteiger partial charge in [-0.05, 0) is 55.8 Å². The molecule has 0 spiro atoms. The van der Waals surface area contributed by atoms with Gasteiger partial charge in [0.05, 0.1) is 0 Å². The van der Waals surface area contributed by atoms with Crippen LogP contribution in [0.25, 0.3) is 0 Å². The van der Waals surface area contributed by atoms with Crippen LogP contribution in [0.5, 0.6) is 0 Å². The molecule has 0 unspecified atom stereocenters. The smallest absolute Gasteiger partial charge is 0.251 e. The second kappa shape index (κ2) is 7.96. The van der Waals surface area contributed by atoms with Crippen LogP contribution >= 0.6 is 0 Å². The lowest BCUT2D eigenvalue weighted by molar-refractivity contribution is 0.0928. The molecule has 2 aliphatic rings. The molecule has 23 heavy (non-hydrogen) atoms. The summed E-state index contributed by atoms with van der Waals surface area (Å²) in [4.78, 5) is 12.6. The molecule has 0 saturated heterocycles. The van der Waals surface area contributed by atoms with Gasteiger partial charge in [-0.2, -0.15) is 0 Å². The quantitative estimate of drug-likeness (QED) is 0.802. The van der Waals surface area contributed by atoms with E-state index in [0.717, 1.165) is 24.4 Å². The topological polar surface area (TPSA) is 41.1 Å². The molecule has 2 saturated carbocycles. The van der Waals surface area contributed by atoms with E-state index in [1.165, 1.54) is 50.5 Å². The van der Waals surface area contributed by atoms with Gasteiger partial charge in [0, 0.05) is 18.2 Å². The highest BCUT2D eigenvalue weighted by Crippen LogP contribution is 2.40. The summed E-state index contributed by atoms with van der Waals surface area (Å²) in [6.07, 6.45) is 10.4. The van der Waals surface area contributed by atoms with Crippen LogP contribution in [0.3, 0.4) is 0 Å². The Hall–Kier alpha value is -1.35. The van der Waals surface area contributed by atoms with Gasteiger partial charge in [-0.3, -0.25) is 4.79 Å². The number of hydrogen-bond donors (Lipinski definition) is 2. The molecule has 3 heteroatoms. The van der Waals surface area contributed by atoms with E-state index in [1.54, 1.807) is 0 Å². The van der Waals surface area contributed by atoms with E-state index in [2.05, 4.69) is 22.8 Å². The van der Waals surface area contributed by atoms with Crippen molar-refractivity contribution in [1.29, 1.82) is 0 Å². The summed E-state index contributed by atoms with van der Waals surface area (Å²) in [5.41, 5.74) is 2.15. The van der Waals surface area contributed by atoms with Gasteiger partial charge in [-0.15, -0.1) is 0 Å². The monoisotopic (exact) mass is 314 g/mol. The highest BCUT2D eigenvalue weighted by atomic mass is 16.1. The second-order valence-electron chi connectivity index (χ2n) is 7.37. The molecule has 0 aliphatic heterocycles. The van der Waals surface area contributed by atoms with E-state index < -0.39 is 0 Å². The Morgan fingerprint density at radius 1 is 1.17 bits per heavy atom. The summed E-state index contributed by atoms with van der Waals surface area (Å²) in [5.74, 6) is 1.56. The van der Waals surface area contributed by atoms with E-state index in [-0.39, 0.29) is 11.9 Å². The van der Waals surface area contributed by atoms with Crippen molar-refractivity contribution in [3.05, 3.63) is 35.4 Å². The van der Waals surface area contributed by atoms with E-state index >= 15 is 0 Å². The zero-order chi connectivity index (χ0) is 16.1. The van der Waals surface area contributed by atoms with Gasteiger partial charge in [0.2, 0.25) is 0 Å². The number of rotatable bonds is 7. The first-order valence-corrected chi connectivity index (χ1v) is 9.31. The normalized spacial score (nSPS) is 20.2. The van der Waals surface area contributed by atoms with Crippen molar-refractivity contribution in [2.75, 3.05) is 13.6 Å². The maximum Gasteiger partial charge on any atom is 0.251 e. The number of carbonyl (C=O) groups excluding carboxylic acids is 1. The van der Waals surface area contributed by atoms with Crippen molar-refractivity contribution in [2.24, 2.45) is 5.92 Å². The van der Waals surface area contributed by atoms with Crippen molar-refractivity contribution >= 4 is 5.91 Å². The van der Waals surface area contributed by atoms with Gasteiger partial charge in [0.1, 0.15) is 0 Å². The molecule has 0 heterocycles. The molecule has 2 N–H and O–H groups in total. The fourth-order valence-corrected chi connectivity index (χ4v) is 3.88. The van der Waals surface area contributed by atoms with Crippen molar-refractivity contribution in [1.82, 2.24) is 10.6 Å². The summed E-state index contributed by atoms with van der Waals surface area (Å²) >= 11 is 0. The first-order valence-electron chi connectivity index (χ1n) is 9.31. The summed E-state index contributed by atoms with van der Waals surface area (Å²) in [7, 11) is 1.97. The molecule has 0 aromatic heterocycles. The number of hydrogen-bond acceptors (Lipinski definition) is 2. The molecule has 2 fully saturated rings. The third-order valence-corrected chi connectivity index (χ3v) is 5.33. The van der Waals surface area contributed by atoms with Gasteiger partial charge < -0.3 is 10.6 Å². The zero-order valence-electron chi connectivity index (χ0n) is 14.3. The van der Waals surface area contributed by atoms with E-state index in [0.29, 0.717) is 5.92 Å². The van der Waals surface area contributed by atoms with Crippen LogP contribution < -0.4 is 10.6 Å². The zero-order valence-corrected chi connectivity index (χ0v) is 14.3. The summed E-state index contributed by atoms with van der Waals surface area (Å²) in [5, 5.41) is 6.51. The lowest BCUT2D eigenvalue weighted by Crippen LogP contribution is -2.42. The maximum atomic E-state index is 12.6. The van der Waals surface area contributed by atoms with Crippen molar-refractivity contribution in [2.45, 2.75) is 63.3 Å². The molecule has 2 aliphatic carbocycles. The van der Waals surface area contributed by atoms with E-state index in [4.69, 9.17) is 0 Å². The first kappa shape index (κ1) is 16.5. The Labute approximate surface area is 140 Å². The minimum atomic E-state index is 0.0866. The first-order chi connectivity index (χ1) is 11.3. The molecule has 1 aromatic carbocycles. The highest BCUT2D eigenvalue weighted by molar-refractivity contribution is 5.94. The largest absolute Gasteiger partial charge is 0.348 e. The molecule has 0 radical (unpaired) electrons. The summed E-state index contributed by atoms with van der Waals surface area (Å²) in [6, 6.07) is 8.45. The van der Waals surface area contributed by atoms with Gasteiger partial charge in [-0.25, -0.2) is 0 Å². The van der Waals surface area contributed by atoms with E-state index in [1.807, 2.05) is 19.2 Å². The van der Waals surface area contributed by atoms with Gasteiger partial charge in [-0.1, -0.05) is 44.2 Å². The fourth-order valence-electron chi connectivity index (χ4n) is 3.88. The van der Waals surface area contributed by atoms with Gasteiger partial charge in [0.15, 0.2) is 0 Å². The Morgan fingerprint density at radius 3 is 2.65 bits per heavy atom. The average Bonchev–Trinajstić information content (AvgIpc) is 3.41. The fraction of sp³-hybridized carbons (Fsp3) is 0.650. The van der Waals surface area contributed by atoms with Crippen LogP contribution in [-0.2, 0) is 0 Å². The van der Waals surface area contributed by atoms with Crippen LogP contribution in [0.1, 0.15) is 73.2 Å². The highest BCUT2D eigenvalue weighted by Gasteiger charge is 2.25. The summed E-state index contributed by atoms with van der Waals surface area (Å²) < 4.78 is 0. The molecule has 0 bridgehead atoms. The maximum absolute atomic E-state index is 12.6. The molecular weight excluding hydrogens is 284 g/mol. The SMILES string of the molecule is CNC[C@H](CC1CCCCC1)NC(=O)c1cccc(C2CC2)c1. The number of carbonyl (C=O) groups is 1. The van der Waals surface area contributed by atoms with Crippen LogP contribution in [-0.4, -0.2) is 25.5 Å². The number of nitrogens with one attached hydrogen (secondary N) is 2. The number of amides is 1. The molecule has 1 atom stereocenters. The Morgan fingerprint density at radius 2 is 1.96 bits per heavy atom. The molecule has 1 aromatic rings. The second-order valence-corrected chi connectivity index (χ2v) is 7.37. The predicted octanol–water partition coefficient (Wildman–Crippen LogP) is 3.85. The Bertz CT molecular complexity index is 518. The standard InChI is InChI=1S/C20H30N2O/c1-21-14-19(12-15-6-3-2-4-7-15)22-20(23)18-9-5-8-17(13-18)16-10-11-16/h5,8-9,13,15-16,19,21H,2-4,6-7,10-12,14H2,1H3,(H,22,23)/t19-/m0/s1. The number of benzene rings is 1. The molecular formula is C20H30N2O. The predicted molar refractivity (Wildman–Crippen MR) is 94.8 cm³/mol. The lowest BCUT2D eigenvalue weighted by atomic mass is 9.84. The van der Waals surface area contributed by atoms with Crippen LogP contribution in [0.2, 0.25) is 0 Å². The van der Waals surface area contributed by atoms with Gasteiger partial charge >= 0.3 is 0 Å². The van der Waals surface area contributed by atoms with Crippen molar-refractivity contribution in [3.8, 4) is 0 Å². The average molecular weight is 314 g/mol. The van der Waals surface area contributed by atoms with E-state index in [9.17, 15) is 4.79 Å². The Balaban J connectivity index is 1.59. The Kier molecular flexibility index (Phi) is 5.71. The molecule has 3 rings (SSSR count). The van der Waals surface area contributed by atoms with Crippen LogP contribution in [0.4, 0.5) is 0 Å². The molecule has 3 nitrogen and oxygen atoms in total. The van der Waals surface area contributed by atoms with Crippen LogP contribution in [0, 0.1) is 5.92 Å². The number of likely N-dealkylation sites (N-methyl/N-ethyl adjacent to an activating group) is 1. The minimum absolute atomic E-state index is 0.0866. The van der Waals surface area contributed by atoms with Crippen LogP contribution in [0.15, 0.2) is 24.3 Å². The third-order valence-electron chi connectivity index (χ3n) is 5.33. The van der Waals surface area contributed by atoms with Gasteiger partial charge in [0.25, 0.3) is 5.91 Å². The third kappa shape index (κ3) is 4.81. The molecule has 126 valence electrons. The summed E-state index contributed by atoms with van der Waals surface area (Å²) in [6.45, 7) is 0.852. The van der Waals surface area contributed by atoms with Crippen molar-refractivity contribution in [3.63, 3.8) is 0 Å². The minimum Gasteiger partial charge on any atom is -0.348 e. The van der Waals surface area contributed by atoms with Crippen molar-refractivity contribution < 1.29 is 4.79 Å². The molecule has 1 amide bonds.